The molecule has 5 amide bonds. The number of nitrogens with zero attached hydrogens (tertiary/aromatic N) is 4. The molecule has 42 heavy (non-hydrogen) atoms. The third-order valence-corrected chi connectivity index (χ3v) is 7.27. The van der Waals surface area contributed by atoms with Crippen LogP contribution in [0.1, 0.15) is 24.0 Å². The van der Waals surface area contributed by atoms with E-state index in [0.29, 0.717) is 25.9 Å². The van der Waals surface area contributed by atoms with Crippen molar-refractivity contribution < 1.29 is 28.3 Å². The van der Waals surface area contributed by atoms with E-state index in [4.69, 9.17) is 4.74 Å². The van der Waals surface area contributed by atoms with Gasteiger partial charge in [0.05, 0.1) is 13.1 Å². The average Bonchev–Trinajstić information content (AvgIpc) is 2.98. The fourth-order valence-corrected chi connectivity index (χ4v) is 5.22. The lowest BCUT2D eigenvalue weighted by Gasteiger charge is -2.54. The molecule has 0 radical (unpaired) electrons. The maximum Gasteiger partial charge on any atom is 0.407 e. The molecule has 0 spiro atoms. The van der Waals surface area contributed by atoms with Gasteiger partial charge >= 0.3 is 12.1 Å². The first-order valence-corrected chi connectivity index (χ1v) is 14.0. The number of hydrazine groups is 1. The minimum absolute atomic E-state index is 0.0687. The van der Waals surface area contributed by atoms with Crippen LogP contribution < -0.4 is 10.6 Å². The van der Waals surface area contributed by atoms with Gasteiger partial charge in [0, 0.05) is 26.7 Å². The zero-order valence-electron chi connectivity index (χ0n) is 23.7. The van der Waals surface area contributed by atoms with Crippen molar-refractivity contribution in [3.8, 4) is 0 Å². The number of nitrogens with one attached hydrogen (secondary N) is 2. The number of carbonyl (C=O) groups excluding carboxylic acids is 4. The Morgan fingerprint density at radius 2 is 1.81 bits per heavy atom. The summed E-state index contributed by atoms with van der Waals surface area (Å²) >= 11 is 0. The van der Waals surface area contributed by atoms with Gasteiger partial charge in [0.1, 0.15) is 24.6 Å². The van der Waals surface area contributed by atoms with Crippen LogP contribution in [0.15, 0.2) is 67.3 Å². The first kappa shape index (κ1) is 30.5. The monoisotopic (exact) mass is 580 g/mol. The Labute approximate surface area is 244 Å². The normalized spacial score (nSPS) is 18.9. The highest BCUT2D eigenvalue weighted by molar-refractivity contribution is 5.91. The summed E-state index contributed by atoms with van der Waals surface area (Å²) in [5.41, 5.74) is 1.79. The molecule has 2 saturated heterocycles. The van der Waals surface area contributed by atoms with Gasteiger partial charge in [-0.25, -0.2) is 24.0 Å². The second-order valence-corrected chi connectivity index (χ2v) is 10.2. The Morgan fingerprint density at radius 1 is 1.07 bits per heavy atom. The van der Waals surface area contributed by atoms with Gasteiger partial charge < -0.3 is 25.2 Å². The number of benzene rings is 2. The number of ether oxygens (including phenoxy) is 1. The Balaban J connectivity index is 1.51. The highest BCUT2D eigenvalue weighted by Gasteiger charge is 2.50. The van der Waals surface area contributed by atoms with E-state index in [0.717, 1.165) is 11.1 Å². The quantitative estimate of drug-likeness (QED) is 0.312. The van der Waals surface area contributed by atoms with Crippen LogP contribution >= 0.6 is 0 Å². The lowest BCUT2D eigenvalue weighted by atomic mass is 10.0. The molecule has 0 aromatic heterocycles. The number of hydrogen-bond acceptors (Lipinski definition) is 6. The summed E-state index contributed by atoms with van der Waals surface area (Å²) in [6.45, 7) is 4.50. The summed E-state index contributed by atoms with van der Waals surface area (Å²) in [7, 11) is 1.67. The zero-order chi connectivity index (χ0) is 30.1. The van der Waals surface area contributed by atoms with Crippen LogP contribution in [0.25, 0.3) is 0 Å². The van der Waals surface area contributed by atoms with E-state index in [2.05, 4.69) is 17.2 Å². The predicted octanol–water partition coefficient (Wildman–Crippen LogP) is 2.50. The van der Waals surface area contributed by atoms with E-state index in [1.54, 1.807) is 29.1 Å². The fraction of sp³-hybridized carbons (Fsp3) is 0.400. The minimum atomic E-state index is -0.825. The molecule has 2 aromatic rings. The lowest BCUT2D eigenvalue weighted by Crippen LogP contribution is -2.76. The molecule has 0 bridgehead atoms. The molecule has 0 saturated carbocycles. The van der Waals surface area contributed by atoms with Gasteiger partial charge in [-0.3, -0.25) is 9.59 Å². The highest BCUT2D eigenvalue weighted by atomic mass is 19.1. The zero-order valence-corrected chi connectivity index (χ0v) is 23.7. The van der Waals surface area contributed by atoms with Crippen molar-refractivity contribution in [2.75, 3.05) is 39.8 Å². The van der Waals surface area contributed by atoms with Gasteiger partial charge in [-0.2, -0.15) is 0 Å². The summed E-state index contributed by atoms with van der Waals surface area (Å²) in [6.07, 6.45) is 1.29. The molecule has 2 fully saturated rings. The molecule has 2 aliphatic rings. The topological polar surface area (TPSA) is 115 Å². The van der Waals surface area contributed by atoms with E-state index in [9.17, 15) is 23.6 Å². The van der Waals surface area contributed by atoms with E-state index >= 15 is 0 Å². The van der Waals surface area contributed by atoms with Crippen LogP contribution in [0.2, 0.25) is 0 Å². The van der Waals surface area contributed by atoms with Crippen LogP contribution in [0.3, 0.4) is 0 Å². The van der Waals surface area contributed by atoms with Crippen molar-refractivity contribution in [1.29, 1.82) is 0 Å². The van der Waals surface area contributed by atoms with E-state index in [-0.39, 0.29) is 56.3 Å². The third-order valence-electron chi connectivity index (χ3n) is 7.27. The molecule has 2 heterocycles. The molecule has 2 N–H and O–H groups in total. The minimum Gasteiger partial charge on any atom is -0.445 e. The van der Waals surface area contributed by atoms with Gasteiger partial charge in [-0.15, -0.1) is 0 Å². The SMILES string of the molecule is C=CCOC(=O)NCCC[C@H]1C(=O)N(CCc2ccc(F)cc2)C[C@H]2N1C(=O)CN(C)N2C(=O)NCc1ccccc1. The molecule has 224 valence electrons. The van der Waals surface area contributed by atoms with Gasteiger partial charge in [0.15, 0.2) is 0 Å². The largest absolute Gasteiger partial charge is 0.445 e. The van der Waals surface area contributed by atoms with Crippen LogP contribution in [0.5, 0.6) is 0 Å². The number of hydrogen-bond donors (Lipinski definition) is 2. The Hall–Kier alpha value is -4.45. The second-order valence-electron chi connectivity index (χ2n) is 10.2. The molecule has 2 atom stereocenters. The number of piperazine rings is 1. The number of fused-ring (bicyclic) bond motifs is 1. The molecule has 4 rings (SSSR count). The van der Waals surface area contributed by atoms with E-state index in [1.165, 1.54) is 28.1 Å². The number of amides is 5. The van der Waals surface area contributed by atoms with Gasteiger partial charge in [0.2, 0.25) is 11.8 Å². The number of rotatable bonds is 11. The number of carbonyl (C=O) groups is 4. The molecule has 2 aliphatic heterocycles. The van der Waals surface area contributed by atoms with Crippen LogP contribution in [0.4, 0.5) is 14.0 Å². The van der Waals surface area contributed by atoms with Crippen LogP contribution in [-0.2, 0) is 27.3 Å². The first-order chi connectivity index (χ1) is 20.3. The summed E-state index contributed by atoms with van der Waals surface area (Å²) in [6, 6.07) is 14.4. The smallest absolute Gasteiger partial charge is 0.407 e. The summed E-state index contributed by atoms with van der Waals surface area (Å²) < 4.78 is 18.3. The van der Waals surface area contributed by atoms with Crippen molar-refractivity contribution in [2.24, 2.45) is 0 Å². The molecular formula is C30H37FN6O5. The van der Waals surface area contributed by atoms with Gasteiger partial charge in [0.25, 0.3) is 0 Å². The molecular weight excluding hydrogens is 543 g/mol. The first-order valence-electron chi connectivity index (χ1n) is 14.0. The maximum atomic E-state index is 13.8. The molecule has 2 aromatic carbocycles. The third kappa shape index (κ3) is 7.64. The predicted molar refractivity (Wildman–Crippen MR) is 153 cm³/mol. The average molecular weight is 581 g/mol. The second kappa shape index (κ2) is 14.4. The summed E-state index contributed by atoms with van der Waals surface area (Å²) in [4.78, 5) is 55.6. The fourth-order valence-electron chi connectivity index (χ4n) is 5.22. The van der Waals surface area contributed by atoms with E-state index < -0.39 is 18.3 Å². The Bertz CT molecular complexity index is 1260. The van der Waals surface area contributed by atoms with Gasteiger partial charge in [-0.05, 0) is 42.5 Å². The highest BCUT2D eigenvalue weighted by Crippen LogP contribution is 2.28. The van der Waals surface area contributed by atoms with Gasteiger partial charge in [-0.1, -0.05) is 55.1 Å². The number of halogens is 1. The van der Waals surface area contributed by atoms with Crippen molar-refractivity contribution in [3.63, 3.8) is 0 Å². The molecule has 11 nitrogen and oxygen atoms in total. The maximum absolute atomic E-state index is 13.8. The lowest BCUT2D eigenvalue weighted by molar-refractivity contribution is -0.187. The molecule has 0 aliphatic carbocycles. The van der Waals surface area contributed by atoms with E-state index in [1.807, 2.05) is 30.3 Å². The van der Waals surface area contributed by atoms with Crippen molar-refractivity contribution in [3.05, 3.63) is 84.2 Å². The summed E-state index contributed by atoms with van der Waals surface area (Å²) in [5, 5.41) is 8.64. The van der Waals surface area contributed by atoms with Crippen LogP contribution in [-0.4, -0.2) is 95.8 Å². The molecule has 0 unspecified atom stereocenters. The van der Waals surface area contributed by atoms with Crippen molar-refractivity contribution in [2.45, 2.75) is 38.0 Å². The standard InChI is InChI=1S/C30H37FN6O5/c1-3-18-42-30(41)32-16-7-10-25-28(39)35(17-15-22-11-13-24(31)14-12-22)20-26-36(25)27(38)21-34(2)37(26)29(40)33-19-23-8-5-4-6-9-23/h3-6,8-9,11-14,25-26H,1,7,10,15-21H2,2H3,(H,32,41)(H,33,40)/t25-,26-/m0/s1. The van der Waals surface area contributed by atoms with Crippen LogP contribution in [0, 0.1) is 5.82 Å². The Kier molecular flexibility index (Phi) is 10.5. The number of alkyl carbamates (subject to hydrolysis) is 1. The number of urea groups is 1. The summed E-state index contributed by atoms with van der Waals surface area (Å²) in [5.74, 6) is -0.832. The molecule has 12 heteroatoms. The number of likely N-dealkylation sites (N-methyl/N-ethyl adjacent to an activating group) is 1. The van der Waals surface area contributed by atoms with Crippen molar-refractivity contribution >= 4 is 23.9 Å². The Morgan fingerprint density at radius 3 is 2.52 bits per heavy atom. The van der Waals surface area contributed by atoms with Crippen molar-refractivity contribution in [1.82, 2.24) is 30.5 Å².